The molecule has 0 radical (unpaired) electrons. The number of carboxylic acid groups (broad SMARTS) is 5. The van der Waals surface area contributed by atoms with Crippen molar-refractivity contribution in [3.63, 3.8) is 0 Å². The molecule has 0 saturated heterocycles. The van der Waals surface area contributed by atoms with Crippen molar-refractivity contribution in [3.8, 4) is 5.75 Å². The van der Waals surface area contributed by atoms with Gasteiger partial charge in [-0.1, -0.05) is 25.0 Å². The number of ketones is 1. The van der Waals surface area contributed by atoms with Crippen molar-refractivity contribution < 1.29 is 133 Å². The number of carboxylic acids is 5. The van der Waals surface area contributed by atoms with Crippen LogP contribution < -0.4 is 156 Å². The maximum atomic E-state index is 14.9. The van der Waals surface area contributed by atoms with Gasteiger partial charge in [-0.3, -0.25) is 102 Å². The molecule has 0 bridgehead atoms. The molecule has 12 atom stereocenters. The summed E-state index contributed by atoms with van der Waals surface area (Å²) in [6.45, 7) is -0.585. The van der Waals surface area contributed by atoms with Gasteiger partial charge in [-0.25, -0.2) is 9.59 Å². The summed E-state index contributed by atoms with van der Waals surface area (Å²) in [5.41, 5.74) is 102. The third kappa shape index (κ3) is 66.4. The maximum Gasteiger partial charge on any atom is 4.00 e. The molecule has 774 valence electrons. The van der Waals surface area contributed by atoms with Crippen LogP contribution in [-0.4, -0.2) is 298 Å². The Hall–Kier alpha value is -13.7. The fourth-order valence-electron chi connectivity index (χ4n) is 12.2. The summed E-state index contributed by atoms with van der Waals surface area (Å²) in [6, 6.07) is -8.37. The Morgan fingerprint density at radius 1 is 0.328 bits per heavy atom. The smallest absolute Gasteiger partial charge is 0.508 e. The van der Waals surface area contributed by atoms with Gasteiger partial charge in [0.15, 0.2) is 41.5 Å². The second-order valence-corrected chi connectivity index (χ2v) is 30.9. The van der Waals surface area contributed by atoms with Crippen molar-refractivity contribution in [2.75, 3.05) is 58.9 Å². The topological polar surface area (TPSA) is 1070 Å². The number of phenolic OH excluding ortho intramolecular Hbond substituents is 1. The Morgan fingerprint density at radius 2 is 0.591 bits per heavy atom. The number of aliphatic imine (C=N–C) groups is 6. The van der Waals surface area contributed by atoms with E-state index in [4.69, 9.17) is 133 Å². The molecule has 0 spiro atoms. The van der Waals surface area contributed by atoms with E-state index in [1.165, 1.54) is 37.1 Å². The molecule has 0 unspecified atom stereocenters. The van der Waals surface area contributed by atoms with E-state index in [0.29, 0.717) is 18.4 Å². The molecular formula is C79H144N34O23Pt+4. The molecule has 1 saturated carbocycles. The van der Waals surface area contributed by atoms with Gasteiger partial charge in [-0.15, -0.1) is 0 Å². The number of aliphatic carboxylic acids is 5. The summed E-state index contributed by atoms with van der Waals surface area (Å²) >= 11 is 0. The number of rotatable bonds is 64. The Morgan fingerprint density at radius 3 is 0.854 bits per heavy atom. The largest absolute Gasteiger partial charge is 4.00 e. The first-order valence-corrected chi connectivity index (χ1v) is 43.7. The van der Waals surface area contributed by atoms with Crippen molar-refractivity contribution in [1.82, 2.24) is 53.2 Å². The normalized spacial score (nSPS) is 14.3. The molecule has 137 heavy (non-hydrogen) atoms. The number of hydrogen-bond donors (Lipinski definition) is 34. The van der Waals surface area contributed by atoms with E-state index < -0.39 is 193 Å². The molecule has 58 heteroatoms. The zero-order valence-corrected chi connectivity index (χ0v) is 78.9. The molecular weight excluding hydrogens is 1990 g/mol. The van der Waals surface area contributed by atoms with Crippen molar-refractivity contribution in [2.24, 2.45) is 133 Å². The third-order valence-electron chi connectivity index (χ3n) is 19.4. The number of Topliss-reactive ketones (excluding diaryl/α,β-unsaturated/α-hetero) is 1. The van der Waals surface area contributed by atoms with Gasteiger partial charge in [0, 0.05) is 64.2 Å². The van der Waals surface area contributed by atoms with Gasteiger partial charge in [-0.05, 0) is 172 Å². The van der Waals surface area contributed by atoms with Crippen LogP contribution in [0, 0.1) is 0 Å². The number of carbonyl (C=O) groups excluding carboxylic acids is 12. The number of unbranched alkanes of at least 4 members (excludes halogenated alkanes) is 2. The molecule has 0 aliphatic heterocycles. The minimum absolute atomic E-state index is 0. The number of benzene rings is 1. The molecule has 0 aromatic heterocycles. The second kappa shape index (κ2) is 74.6. The van der Waals surface area contributed by atoms with Crippen LogP contribution in [0.3, 0.4) is 0 Å². The van der Waals surface area contributed by atoms with E-state index in [1.54, 1.807) is 0 Å². The third-order valence-corrected chi connectivity index (χ3v) is 19.4. The van der Waals surface area contributed by atoms with Gasteiger partial charge in [0.05, 0.1) is 37.9 Å². The van der Waals surface area contributed by atoms with Crippen LogP contribution in [0.4, 0.5) is 0 Å². The number of nitrogens with two attached hydrogens (primary N) is 18. The van der Waals surface area contributed by atoms with Crippen LogP contribution in [0.2, 0.25) is 0 Å². The predicted molar refractivity (Wildman–Crippen MR) is 500 cm³/mol. The zero-order chi connectivity index (χ0) is 103. The van der Waals surface area contributed by atoms with Crippen LogP contribution in [0.1, 0.15) is 185 Å². The fourth-order valence-corrected chi connectivity index (χ4v) is 12.2. The molecule has 52 N–H and O–H groups in total. The minimum Gasteiger partial charge on any atom is -0.508 e. The first-order valence-electron chi connectivity index (χ1n) is 43.7. The predicted octanol–water partition coefficient (Wildman–Crippen LogP) is -11.7. The van der Waals surface area contributed by atoms with Crippen molar-refractivity contribution >= 4 is 136 Å². The first kappa shape index (κ1) is 127. The number of nitrogens with one attached hydrogen (secondary N) is 10. The molecule has 0 heterocycles. The molecule has 57 nitrogen and oxygen atoms in total. The van der Waals surface area contributed by atoms with Gasteiger partial charge in [0.1, 0.15) is 54.1 Å². The zero-order valence-electron chi connectivity index (χ0n) is 76.6. The van der Waals surface area contributed by atoms with Crippen LogP contribution in [0.5, 0.6) is 5.75 Å². The summed E-state index contributed by atoms with van der Waals surface area (Å²) in [5, 5.41) is 75.5. The molecule has 1 aliphatic rings. The fraction of sp³-hybridized carbons (Fsp3) is 0.633. The van der Waals surface area contributed by atoms with E-state index in [9.17, 15) is 82.1 Å². The van der Waals surface area contributed by atoms with Gasteiger partial charge in [0.25, 0.3) is 0 Å². The van der Waals surface area contributed by atoms with E-state index in [2.05, 4.69) is 83.1 Å². The van der Waals surface area contributed by atoms with E-state index >= 15 is 0 Å². The number of guanidine groups is 6. The molecule has 1 fully saturated rings. The average Bonchev–Trinajstić information content (AvgIpc) is 0.851. The Labute approximate surface area is 805 Å². The van der Waals surface area contributed by atoms with E-state index in [0.717, 1.165) is 12.8 Å². The number of nitrogens with zero attached hydrogens (tertiary/aromatic N) is 6. The number of carbonyl (C=O) groups is 17. The molecule has 1 aromatic carbocycles. The molecule has 2 rings (SSSR count). The van der Waals surface area contributed by atoms with Crippen molar-refractivity contribution in [1.29, 1.82) is 0 Å². The summed E-state index contributed by atoms with van der Waals surface area (Å²) in [7, 11) is 0. The van der Waals surface area contributed by atoms with E-state index in [-0.39, 0.29) is 249 Å². The summed E-state index contributed by atoms with van der Waals surface area (Å²) < 4.78 is 0. The maximum absolute atomic E-state index is 14.9. The number of primary amides is 1. The molecule has 1 aliphatic carbocycles. The van der Waals surface area contributed by atoms with Crippen molar-refractivity contribution in [2.45, 2.75) is 259 Å². The Kier molecular flexibility index (Phi) is 69.4. The van der Waals surface area contributed by atoms with Gasteiger partial charge >= 0.3 is 50.9 Å². The van der Waals surface area contributed by atoms with Crippen LogP contribution in [0.15, 0.2) is 54.2 Å². The summed E-state index contributed by atoms with van der Waals surface area (Å²) in [4.78, 5) is 242. The van der Waals surface area contributed by atoms with Gasteiger partial charge < -0.3 is 187 Å². The Balaban J connectivity index is -0.00000685. The van der Waals surface area contributed by atoms with Gasteiger partial charge in [-0.2, -0.15) is 0 Å². The van der Waals surface area contributed by atoms with Gasteiger partial charge in [0.2, 0.25) is 65.0 Å². The standard InChI is InChI=1S/C67H122N32O15.C6H14N2.C4H6O4.C2H2O4.Pt/c68-27-3-1-12-41(55(108)93-40(14-6-30-85-63(74)75)54(107)90-36-51(103)91-48(49(101)24-26-52(104)105)35-37-19-21-38(100)22-20-37)94-56(109)42(13-2-4-28-69)95-58(111)44(16-8-32-87-65(78)79)97-59(112)45(17-9-33-88-66(80)81)98-61(114)47(23-25-50(71)102)99-60(113)46(18-10-34-89-67(82)83)96-57(110)43(15-7-31-86-64(76)77)92-53(106)39(70)11-5-29-84-62(72)73;7-5-3-1-2-4-6(5)8;5-3(6)1-2-4(7)8;3-1(4)2(5)6;/h19-22,39-48,100H,1-18,23-36,68-70H2,(H2,71,102)(H,90,107)(H,91,103)(H,92,106)(H,93,108)(H,94,109)(H,95,111)(H,96,110)(H,97,112)(H,98,114)(H,99,113)(H,104,105)(H4,72,73,84)(H4,74,75,85)(H4,76,77,86)(H4,78,79,87)(H4,80,81,88)(H4,82,83,89);5-6H,1-4,7-8H2;1-2H2,(H,5,6)(H,7,8);(H,3,4)(H,5,6);/q;;;;+4/t39-,40-,41-,42-,43-,44-,45-,46-,47-,48-;5-,6-;;;/m01.../s1. The van der Waals surface area contributed by atoms with Crippen LogP contribution >= 0.6 is 0 Å². The summed E-state index contributed by atoms with van der Waals surface area (Å²) in [6.07, 6.45) is 2.59. The number of hydrogen-bond acceptors (Lipinski definition) is 29. The number of phenols is 1. The number of aromatic hydroxyl groups is 1. The average molecular weight is 2130 g/mol. The Bertz CT molecular complexity index is 4090. The molecule has 11 amide bonds. The van der Waals surface area contributed by atoms with Crippen molar-refractivity contribution in [3.05, 3.63) is 29.8 Å². The van der Waals surface area contributed by atoms with E-state index in [1.807, 2.05) is 0 Å². The molecule has 1 aromatic rings. The number of amides is 11. The van der Waals surface area contributed by atoms with Crippen LogP contribution in [-0.2, 0) is 109 Å². The SMILES string of the molecule is NCCCC[C@H](NC(=O)[C@H](CCCCN)NC(=O)[C@H](CCCN=C(N)N)NC(=O)[C@H](CCCN=C(N)N)NC(=O)[C@H](CCC(N)=O)NC(=O)[C@H](CCCN=C(N)N)NC(=O)[C@H](CCCN=C(N)N)NC(=O)[C@@H](N)CCCN=C(N)N)C(=O)N[C@@H](CCCN=C(N)N)C(=O)NCC(=O)N[C@@H](Cc1ccc(O)cc1)C(=O)CCC(=O)O.N[C@@H]1CCCC[C@H]1N.O=C(O)C(=O)O.O=C(O)CCC(=O)O.[Pt+4]. The quantitative estimate of drug-likeness (QED) is 0.0125. The second-order valence-electron chi connectivity index (χ2n) is 30.9. The monoisotopic (exact) mass is 2130 g/mol. The minimum atomic E-state index is -1.82. The summed E-state index contributed by atoms with van der Waals surface area (Å²) in [5.74, 6) is -19.8. The first-order chi connectivity index (χ1) is 64.0. The van der Waals surface area contributed by atoms with Crippen LogP contribution in [0.25, 0.3) is 0 Å².